The van der Waals surface area contributed by atoms with Crippen LogP contribution in [0, 0.1) is 0 Å². The molecular formula is C58H95NO10. The molecule has 1 rings (SSSR count). The zero-order valence-corrected chi connectivity index (χ0v) is 42.9. The Hall–Kier alpha value is -3.68. The van der Waals surface area contributed by atoms with Crippen molar-refractivity contribution in [2.45, 2.75) is 230 Å². The van der Waals surface area contributed by atoms with Gasteiger partial charge < -0.3 is 45.1 Å². The third-order valence-electron chi connectivity index (χ3n) is 11.9. The molecule has 1 aliphatic heterocycles. The molecule has 8 unspecified atom stereocenters. The van der Waals surface area contributed by atoms with Crippen molar-refractivity contribution in [1.82, 2.24) is 5.32 Å². The Morgan fingerprint density at radius 3 is 1.57 bits per heavy atom. The summed E-state index contributed by atoms with van der Waals surface area (Å²) in [7, 11) is 0. The Labute approximate surface area is 418 Å². The van der Waals surface area contributed by atoms with E-state index in [-0.39, 0.29) is 19.4 Å². The summed E-state index contributed by atoms with van der Waals surface area (Å²) in [5.41, 5.74) is 0. The maximum absolute atomic E-state index is 13.3. The van der Waals surface area contributed by atoms with Gasteiger partial charge in [-0.3, -0.25) is 9.59 Å². The molecule has 392 valence electrons. The number of esters is 1. The van der Waals surface area contributed by atoms with E-state index in [9.17, 15) is 35.1 Å². The summed E-state index contributed by atoms with van der Waals surface area (Å²) in [5, 5.41) is 56.6. The highest BCUT2D eigenvalue weighted by Gasteiger charge is 2.47. The molecule has 0 radical (unpaired) electrons. The minimum atomic E-state index is -1.64. The van der Waals surface area contributed by atoms with Gasteiger partial charge in [0.2, 0.25) is 5.91 Å². The van der Waals surface area contributed by atoms with Crippen molar-refractivity contribution in [2.75, 3.05) is 13.2 Å². The fraction of sp³-hybridized carbons (Fsp3) is 0.655. The average Bonchev–Trinajstić information content (AvgIpc) is 3.34. The lowest BCUT2D eigenvalue weighted by molar-refractivity contribution is -0.305. The number of ether oxygens (including phenoxy) is 3. The number of amides is 1. The largest absolute Gasteiger partial charge is 0.454 e. The number of nitrogens with one attached hydrogen (secondary N) is 1. The molecule has 0 saturated carbocycles. The summed E-state index contributed by atoms with van der Waals surface area (Å²) in [5.74, 6) is -1.26. The van der Waals surface area contributed by atoms with Crippen LogP contribution < -0.4 is 5.32 Å². The molecule has 6 N–H and O–H groups in total. The summed E-state index contributed by atoms with van der Waals surface area (Å²) in [4.78, 5) is 26.4. The number of hydrogen-bond acceptors (Lipinski definition) is 10. The number of aliphatic hydroxyl groups is 5. The third kappa shape index (κ3) is 34.3. The van der Waals surface area contributed by atoms with Gasteiger partial charge in [0.1, 0.15) is 24.4 Å². The molecule has 8 atom stereocenters. The zero-order chi connectivity index (χ0) is 50.4. The van der Waals surface area contributed by atoms with Gasteiger partial charge in [0.25, 0.3) is 0 Å². The van der Waals surface area contributed by atoms with Crippen molar-refractivity contribution in [3.63, 3.8) is 0 Å². The topological polar surface area (TPSA) is 175 Å². The highest BCUT2D eigenvalue weighted by Crippen LogP contribution is 2.26. The van der Waals surface area contributed by atoms with Crippen LogP contribution in [-0.2, 0) is 23.8 Å². The highest BCUT2D eigenvalue weighted by atomic mass is 16.7. The lowest BCUT2D eigenvalue weighted by atomic mass is 9.99. The van der Waals surface area contributed by atoms with Crippen molar-refractivity contribution in [2.24, 2.45) is 0 Å². The average molecular weight is 966 g/mol. The second-order valence-electron chi connectivity index (χ2n) is 18.0. The van der Waals surface area contributed by atoms with Gasteiger partial charge in [0.15, 0.2) is 12.4 Å². The van der Waals surface area contributed by atoms with E-state index in [4.69, 9.17) is 14.2 Å². The standard InChI is InChI=1S/C58H95NO10/c1-4-7-10-13-16-19-22-24-26-28-31-34-37-40-43-46-53(63)69-56-55(65)54(64)52(47-60)68-58(56)67-48-49(50(61)44-41-38-35-32-29-21-18-15-12-9-6-3)59-57(66)51(62)45-42-39-36-33-30-27-25-23-20-17-14-11-8-5-2/h7-8,10-11,13-14,16-17,19-20,22-24,26,28,31,41,44,49-52,54-56,58,60-62,64-65H,4-6,9,12,15,18,21,25,27,29-30,32-40,42-43,45-48H2,1-3H3,(H,59,66)/b10-7+,11-8+,16-13+,17-14+,22-19-,23-20+,26-24-,31-28+,44-41+. The van der Waals surface area contributed by atoms with E-state index < -0.39 is 67.4 Å². The SMILES string of the molecule is CC/C=C/C=C/C=C\C=C/C=C/CCCCCC(=O)OC1C(OCC(NC(=O)C(O)CCCCCCCC/C=C/C=C/C=C/CC)C(O)/C=C/CCCCCCCCCCC)OC(CO)C(O)C1O. The van der Waals surface area contributed by atoms with Crippen LogP contribution in [0.3, 0.4) is 0 Å². The first-order chi connectivity index (χ1) is 33.7. The number of allylic oxidation sites excluding steroid dienone is 17. The lowest BCUT2D eigenvalue weighted by Gasteiger charge is -2.41. The van der Waals surface area contributed by atoms with E-state index in [1.165, 1.54) is 38.5 Å². The van der Waals surface area contributed by atoms with Crippen LogP contribution in [0.1, 0.15) is 181 Å². The Morgan fingerprint density at radius 1 is 0.580 bits per heavy atom. The number of aliphatic hydroxyl groups excluding tert-OH is 5. The first-order valence-electron chi connectivity index (χ1n) is 26.8. The predicted molar refractivity (Wildman–Crippen MR) is 282 cm³/mol. The fourth-order valence-corrected chi connectivity index (χ4v) is 7.61. The lowest BCUT2D eigenvalue weighted by Crippen LogP contribution is -2.61. The Balaban J connectivity index is 2.81. The Bertz CT molecular complexity index is 1530. The maximum Gasteiger partial charge on any atom is 0.306 e. The van der Waals surface area contributed by atoms with Crippen molar-refractivity contribution >= 4 is 11.9 Å². The molecule has 0 aromatic rings. The molecule has 0 aromatic carbocycles. The van der Waals surface area contributed by atoms with Gasteiger partial charge in [0, 0.05) is 6.42 Å². The van der Waals surface area contributed by atoms with Crippen LogP contribution in [0.25, 0.3) is 0 Å². The monoisotopic (exact) mass is 966 g/mol. The van der Waals surface area contributed by atoms with Crippen LogP contribution in [0.4, 0.5) is 0 Å². The first-order valence-corrected chi connectivity index (χ1v) is 26.8. The summed E-state index contributed by atoms with van der Waals surface area (Å²) in [6.45, 7) is 5.43. The van der Waals surface area contributed by atoms with E-state index in [2.05, 4.69) is 56.5 Å². The predicted octanol–water partition coefficient (Wildman–Crippen LogP) is 11.4. The molecule has 0 aromatic heterocycles. The number of carbonyl (C=O) groups excluding carboxylic acids is 2. The molecule has 0 spiro atoms. The van der Waals surface area contributed by atoms with Gasteiger partial charge in [-0.1, -0.05) is 220 Å². The highest BCUT2D eigenvalue weighted by molar-refractivity contribution is 5.80. The van der Waals surface area contributed by atoms with E-state index >= 15 is 0 Å². The minimum absolute atomic E-state index is 0.0666. The normalized spacial score (nSPS) is 20.7. The molecule has 1 heterocycles. The first kappa shape index (κ1) is 63.3. The van der Waals surface area contributed by atoms with Gasteiger partial charge in [-0.2, -0.15) is 0 Å². The quantitative estimate of drug-likeness (QED) is 0.0149. The zero-order valence-electron chi connectivity index (χ0n) is 42.9. The summed E-state index contributed by atoms with van der Waals surface area (Å²) in [6.07, 6.45) is 49.9. The molecule has 0 bridgehead atoms. The van der Waals surface area contributed by atoms with Gasteiger partial charge in [-0.05, 0) is 64.2 Å². The van der Waals surface area contributed by atoms with Crippen LogP contribution in [0.2, 0.25) is 0 Å². The molecule has 1 saturated heterocycles. The second-order valence-corrected chi connectivity index (χ2v) is 18.0. The van der Waals surface area contributed by atoms with Gasteiger partial charge >= 0.3 is 5.97 Å². The van der Waals surface area contributed by atoms with Crippen LogP contribution >= 0.6 is 0 Å². The van der Waals surface area contributed by atoms with Crippen molar-refractivity contribution in [3.8, 4) is 0 Å². The minimum Gasteiger partial charge on any atom is -0.454 e. The molecule has 0 aliphatic carbocycles. The number of carbonyl (C=O) groups is 2. The molecule has 11 nitrogen and oxygen atoms in total. The summed E-state index contributed by atoms with van der Waals surface area (Å²) in [6, 6.07) is -1.04. The molecular weight excluding hydrogens is 871 g/mol. The molecule has 69 heavy (non-hydrogen) atoms. The van der Waals surface area contributed by atoms with Crippen LogP contribution in [-0.4, -0.2) is 99.6 Å². The van der Waals surface area contributed by atoms with E-state index in [0.717, 1.165) is 96.3 Å². The van der Waals surface area contributed by atoms with Crippen LogP contribution in [0.5, 0.6) is 0 Å². The van der Waals surface area contributed by atoms with Crippen molar-refractivity contribution in [1.29, 1.82) is 0 Å². The maximum atomic E-state index is 13.3. The third-order valence-corrected chi connectivity index (χ3v) is 11.9. The smallest absolute Gasteiger partial charge is 0.306 e. The van der Waals surface area contributed by atoms with Gasteiger partial charge in [0.05, 0.1) is 25.4 Å². The molecule has 1 amide bonds. The van der Waals surface area contributed by atoms with Crippen LogP contribution in [0.15, 0.2) is 109 Å². The second kappa shape index (κ2) is 45.5. The Kier molecular flexibility index (Phi) is 41.7. The van der Waals surface area contributed by atoms with E-state index in [1.807, 2.05) is 72.9 Å². The summed E-state index contributed by atoms with van der Waals surface area (Å²) >= 11 is 0. The van der Waals surface area contributed by atoms with Crippen molar-refractivity contribution in [3.05, 3.63) is 109 Å². The van der Waals surface area contributed by atoms with Gasteiger partial charge in [-0.25, -0.2) is 0 Å². The molecule has 1 fully saturated rings. The van der Waals surface area contributed by atoms with Crippen molar-refractivity contribution < 1.29 is 49.3 Å². The van der Waals surface area contributed by atoms with Gasteiger partial charge in [-0.15, -0.1) is 0 Å². The van der Waals surface area contributed by atoms with E-state index in [0.29, 0.717) is 12.8 Å². The summed E-state index contributed by atoms with van der Waals surface area (Å²) < 4.78 is 17.5. The number of rotatable bonds is 42. The molecule has 1 aliphatic rings. The molecule has 11 heteroatoms. The number of hydrogen-bond donors (Lipinski definition) is 6. The number of unbranched alkanes of at least 4 members (excludes halogenated alkanes) is 18. The Morgan fingerprint density at radius 2 is 1.04 bits per heavy atom. The fourth-order valence-electron chi connectivity index (χ4n) is 7.61. The van der Waals surface area contributed by atoms with E-state index in [1.54, 1.807) is 6.08 Å².